The second-order valence-electron chi connectivity index (χ2n) is 4.13. The van der Waals surface area contributed by atoms with Crippen LogP contribution in [0.1, 0.15) is 44.3 Å². The molecule has 1 atom stereocenters. The minimum Gasteiger partial charge on any atom is -0.406 e. The van der Waals surface area contributed by atoms with Gasteiger partial charge in [-0.1, -0.05) is 38.3 Å². The zero-order chi connectivity index (χ0) is 13.6. The summed E-state index contributed by atoms with van der Waals surface area (Å²) in [4.78, 5) is 0. The predicted molar refractivity (Wildman–Crippen MR) is 62.2 cm³/mol. The Morgan fingerprint density at radius 1 is 1.28 bits per heavy atom. The van der Waals surface area contributed by atoms with Crippen molar-refractivity contribution >= 4 is 0 Å². The number of alkyl halides is 3. The molecule has 1 aromatic rings. The largest absolute Gasteiger partial charge is 0.573 e. The van der Waals surface area contributed by atoms with Gasteiger partial charge in [-0.25, -0.2) is 0 Å². The topological polar surface area (TPSA) is 29.5 Å². The van der Waals surface area contributed by atoms with E-state index in [1.165, 1.54) is 18.2 Å². The fourth-order valence-electron chi connectivity index (χ4n) is 1.67. The summed E-state index contributed by atoms with van der Waals surface area (Å²) in [7, 11) is 0. The lowest BCUT2D eigenvalue weighted by molar-refractivity contribution is -0.274. The van der Waals surface area contributed by atoms with Gasteiger partial charge < -0.3 is 9.84 Å². The van der Waals surface area contributed by atoms with Crippen molar-refractivity contribution in [2.24, 2.45) is 0 Å². The van der Waals surface area contributed by atoms with Crippen LogP contribution in [-0.2, 0) is 0 Å². The third-order valence-corrected chi connectivity index (χ3v) is 2.56. The van der Waals surface area contributed by atoms with Crippen LogP contribution in [0, 0.1) is 0 Å². The Balaban J connectivity index is 2.63. The lowest BCUT2D eigenvalue weighted by atomic mass is 10.0. The van der Waals surface area contributed by atoms with Crippen LogP contribution in [0.5, 0.6) is 5.75 Å². The number of aliphatic hydroxyl groups is 1. The zero-order valence-electron chi connectivity index (χ0n) is 10.2. The summed E-state index contributed by atoms with van der Waals surface area (Å²) in [5, 5.41) is 9.83. The molecule has 1 aromatic carbocycles. The highest BCUT2D eigenvalue weighted by Gasteiger charge is 2.31. The standard InChI is InChI=1S/C13H17F3O2/c1-2-3-4-8-12(17)10-6-5-7-11(9-10)18-13(14,15)16/h5-7,9,12,17H,2-4,8H2,1H3. The molecular formula is C13H17F3O2. The van der Waals surface area contributed by atoms with E-state index in [1.807, 2.05) is 6.92 Å². The number of benzene rings is 1. The minimum absolute atomic E-state index is 0.297. The van der Waals surface area contributed by atoms with Gasteiger partial charge >= 0.3 is 6.36 Å². The number of hydrogen-bond donors (Lipinski definition) is 1. The Hall–Kier alpha value is -1.23. The first-order chi connectivity index (χ1) is 8.42. The quantitative estimate of drug-likeness (QED) is 0.778. The Morgan fingerprint density at radius 3 is 2.61 bits per heavy atom. The first kappa shape index (κ1) is 14.8. The molecule has 0 aromatic heterocycles. The predicted octanol–water partition coefficient (Wildman–Crippen LogP) is 4.20. The molecule has 0 aliphatic heterocycles. The van der Waals surface area contributed by atoms with E-state index in [9.17, 15) is 18.3 Å². The van der Waals surface area contributed by atoms with Crippen molar-refractivity contribution in [3.05, 3.63) is 29.8 Å². The van der Waals surface area contributed by atoms with Crippen molar-refractivity contribution in [3.63, 3.8) is 0 Å². The van der Waals surface area contributed by atoms with Gasteiger partial charge in [-0.15, -0.1) is 13.2 Å². The number of halogens is 3. The van der Waals surface area contributed by atoms with Crippen molar-refractivity contribution in [3.8, 4) is 5.75 Å². The van der Waals surface area contributed by atoms with E-state index >= 15 is 0 Å². The van der Waals surface area contributed by atoms with Gasteiger partial charge in [-0.05, 0) is 24.1 Å². The van der Waals surface area contributed by atoms with Crippen LogP contribution in [0.25, 0.3) is 0 Å². The third-order valence-electron chi connectivity index (χ3n) is 2.56. The maximum atomic E-state index is 12.0. The van der Waals surface area contributed by atoms with Crippen LogP contribution in [-0.4, -0.2) is 11.5 Å². The van der Waals surface area contributed by atoms with Crippen LogP contribution >= 0.6 is 0 Å². The summed E-state index contributed by atoms with van der Waals surface area (Å²) < 4.78 is 39.9. The van der Waals surface area contributed by atoms with Gasteiger partial charge in [0, 0.05) is 0 Å². The first-order valence-corrected chi connectivity index (χ1v) is 5.96. The molecule has 18 heavy (non-hydrogen) atoms. The highest BCUT2D eigenvalue weighted by Crippen LogP contribution is 2.27. The summed E-state index contributed by atoms with van der Waals surface area (Å²) in [6.07, 6.45) is -2.02. The highest BCUT2D eigenvalue weighted by molar-refractivity contribution is 5.30. The van der Waals surface area contributed by atoms with E-state index in [0.29, 0.717) is 12.0 Å². The first-order valence-electron chi connectivity index (χ1n) is 5.96. The molecule has 1 N–H and O–H groups in total. The SMILES string of the molecule is CCCCCC(O)c1cccc(OC(F)(F)F)c1. The minimum atomic E-state index is -4.70. The number of aliphatic hydroxyl groups excluding tert-OH is 1. The van der Waals surface area contributed by atoms with Gasteiger partial charge in [0.15, 0.2) is 0 Å². The summed E-state index contributed by atoms with van der Waals surface area (Å²) in [6, 6.07) is 5.49. The molecule has 1 rings (SSSR count). The molecule has 2 nitrogen and oxygen atoms in total. The second-order valence-corrected chi connectivity index (χ2v) is 4.13. The van der Waals surface area contributed by atoms with Crippen LogP contribution in [0.15, 0.2) is 24.3 Å². The van der Waals surface area contributed by atoms with E-state index in [1.54, 1.807) is 6.07 Å². The Bertz CT molecular complexity index is 363. The summed E-state index contributed by atoms with van der Waals surface area (Å²) >= 11 is 0. The van der Waals surface area contributed by atoms with E-state index < -0.39 is 12.5 Å². The highest BCUT2D eigenvalue weighted by atomic mass is 19.4. The van der Waals surface area contributed by atoms with Crippen molar-refractivity contribution < 1.29 is 23.0 Å². The molecule has 0 aliphatic carbocycles. The monoisotopic (exact) mass is 262 g/mol. The van der Waals surface area contributed by atoms with Crippen molar-refractivity contribution in [2.75, 3.05) is 0 Å². The van der Waals surface area contributed by atoms with Crippen molar-refractivity contribution in [1.29, 1.82) is 0 Å². The fourth-order valence-corrected chi connectivity index (χ4v) is 1.67. The third kappa shape index (κ3) is 5.40. The second kappa shape index (κ2) is 6.64. The van der Waals surface area contributed by atoms with Crippen molar-refractivity contribution in [2.45, 2.75) is 45.1 Å². The summed E-state index contributed by atoms with van der Waals surface area (Å²) in [5.41, 5.74) is 0.452. The smallest absolute Gasteiger partial charge is 0.406 e. The number of unbranched alkanes of at least 4 members (excludes halogenated alkanes) is 2. The molecule has 0 saturated carbocycles. The van der Waals surface area contributed by atoms with Crippen LogP contribution in [0.2, 0.25) is 0 Å². The van der Waals surface area contributed by atoms with Gasteiger partial charge in [0.05, 0.1) is 6.10 Å². The van der Waals surface area contributed by atoms with Gasteiger partial charge in [0.25, 0.3) is 0 Å². The summed E-state index contributed by atoms with van der Waals surface area (Å²) in [6.45, 7) is 2.05. The van der Waals surface area contributed by atoms with Gasteiger partial charge in [0.1, 0.15) is 5.75 Å². The van der Waals surface area contributed by atoms with E-state index in [2.05, 4.69) is 4.74 Å². The Kier molecular flexibility index (Phi) is 5.47. The summed E-state index contributed by atoms with van der Waals surface area (Å²) in [5.74, 6) is -0.297. The maximum Gasteiger partial charge on any atom is 0.573 e. The molecule has 0 saturated heterocycles. The molecule has 0 aliphatic rings. The zero-order valence-corrected chi connectivity index (χ0v) is 10.2. The molecule has 5 heteroatoms. The van der Waals surface area contributed by atoms with Gasteiger partial charge in [-0.2, -0.15) is 0 Å². The lowest BCUT2D eigenvalue weighted by Gasteiger charge is -2.13. The Morgan fingerprint density at radius 2 is 2.00 bits per heavy atom. The average molecular weight is 262 g/mol. The molecule has 0 bridgehead atoms. The Labute approximate surface area is 104 Å². The number of rotatable bonds is 6. The maximum absolute atomic E-state index is 12.0. The number of ether oxygens (including phenoxy) is 1. The molecule has 1 unspecified atom stereocenters. The molecule has 102 valence electrons. The van der Waals surface area contributed by atoms with Crippen LogP contribution < -0.4 is 4.74 Å². The number of hydrogen-bond acceptors (Lipinski definition) is 2. The molecule has 0 fully saturated rings. The van der Waals surface area contributed by atoms with Crippen molar-refractivity contribution in [1.82, 2.24) is 0 Å². The van der Waals surface area contributed by atoms with Gasteiger partial charge in [0.2, 0.25) is 0 Å². The van der Waals surface area contributed by atoms with Crippen LogP contribution in [0.4, 0.5) is 13.2 Å². The molecular weight excluding hydrogens is 245 g/mol. The lowest BCUT2D eigenvalue weighted by Crippen LogP contribution is -2.17. The fraction of sp³-hybridized carbons (Fsp3) is 0.538. The molecule has 0 amide bonds. The van der Waals surface area contributed by atoms with Gasteiger partial charge in [-0.3, -0.25) is 0 Å². The normalized spacial score (nSPS) is 13.4. The van der Waals surface area contributed by atoms with E-state index in [-0.39, 0.29) is 5.75 Å². The average Bonchev–Trinajstić information content (AvgIpc) is 2.27. The van der Waals surface area contributed by atoms with Crippen LogP contribution in [0.3, 0.4) is 0 Å². The molecule has 0 spiro atoms. The van der Waals surface area contributed by atoms with E-state index in [4.69, 9.17) is 0 Å². The molecule has 0 heterocycles. The van der Waals surface area contributed by atoms with E-state index in [0.717, 1.165) is 19.3 Å². The molecule has 0 radical (unpaired) electrons.